The molecule has 0 aromatic heterocycles. The summed E-state index contributed by atoms with van der Waals surface area (Å²) < 4.78 is 0. The number of carboxylic acid groups (broad SMARTS) is 1. The normalized spacial score (nSPS) is 30.9. The molecule has 1 amide bonds. The highest BCUT2D eigenvalue weighted by Gasteiger charge is 2.42. The fourth-order valence-electron chi connectivity index (χ4n) is 3.58. The molecule has 4 unspecified atom stereocenters. The zero-order valence-corrected chi connectivity index (χ0v) is 12.9. The minimum Gasteiger partial charge on any atom is -0.481 e. The Bertz CT molecular complexity index is 383. The van der Waals surface area contributed by atoms with Crippen molar-refractivity contribution >= 4 is 11.9 Å². The SMILES string of the molecule is CC(C(=O)O)C1CN(C(=O)C(C)N2C(C)CCC2C)C1. The van der Waals surface area contributed by atoms with Gasteiger partial charge < -0.3 is 10.0 Å². The van der Waals surface area contributed by atoms with Crippen LogP contribution in [0.3, 0.4) is 0 Å². The van der Waals surface area contributed by atoms with Crippen LogP contribution in [-0.2, 0) is 9.59 Å². The number of hydrogen-bond acceptors (Lipinski definition) is 3. The molecule has 0 aromatic rings. The second-order valence-electron chi connectivity index (χ2n) is 6.53. The lowest BCUT2D eigenvalue weighted by Crippen LogP contribution is -2.59. The second kappa shape index (κ2) is 5.72. The molecule has 114 valence electrons. The van der Waals surface area contributed by atoms with Crippen LogP contribution in [0.2, 0.25) is 0 Å². The molecule has 5 nitrogen and oxygen atoms in total. The van der Waals surface area contributed by atoms with Crippen LogP contribution in [0, 0.1) is 11.8 Å². The van der Waals surface area contributed by atoms with Crippen LogP contribution < -0.4 is 0 Å². The number of aliphatic carboxylic acids is 1. The van der Waals surface area contributed by atoms with E-state index >= 15 is 0 Å². The number of amides is 1. The molecule has 2 fully saturated rings. The summed E-state index contributed by atoms with van der Waals surface area (Å²) in [5, 5.41) is 8.98. The monoisotopic (exact) mass is 282 g/mol. The molecule has 2 saturated heterocycles. The molecule has 0 aromatic carbocycles. The molecule has 2 aliphatic rings. The van der Waals surface area contributed by atoms with Gasteiger partial charge in [-0.15, -0.1) is 0 Å². The molecule has 2 rings (SSSR count). The number of hydrogen-bond donors (Lipinski definition) is 1. The number of nitrogens with zero attached hydrogens (tertiary/aromatic N) is 2. The average Bonchev–Trinajstić information content (AvgIpc) is 2.65. The fraction of sp³-hybridized carbons (Fsp3) is 0.867. The summed E-state index contributed by atoms with van der Waals surface area (Å²) in [7, 11) is 0. The summed E-state index contributed by atoms with van der Waals surface area (Å²) in [6, 6.07) is 0.821. The van der Waals surface area contributed by atoms with E-state index in [0.29, 0.717) is 25.2 Å². The molecular formula is C15H26N2O3. The van der Waals surface area contributed by atoms with Crippen molar-refractivity contribution < 1.29 is 14.7 Å². The molecule has 5 heteroatoms. The van der Waals surface area contributed by atoms with Gasteiger partial charge in [0.05, 0.1) is 12.0 Å². The maximum atomic E-state index is 12.5. The zero-order valence-electron chi connectivity index (χ0n) is 12.9. The van der Waals surface area contributed by atoms with Crippen LogP contribution in [0.1, 0.15) is 40.5 Å². The molecular weight excluding hydrogens is 256 g/mol. The molecule has 2 heterocycles. The number of carbonyl (C=O) groups excluding carboxylic acids is 1. The van der Waals surface area contributed by atoms with Crippen LogP contribution in [0.15, 0.2) is 0 Å². The molecule has 20 heavy (non-hydrogen) atoms. The van der Waals surface area contributed by atoms with Crippen LogP contribution in [0.25, 0.3) is 0 Å². The summed E-state index contributed by atoms with van der Waals surface area (Å²) in [6.45, 7) is 9.25. The van der Waals surface area contributed by atoms with E-state index < -0.39 is 5.97 Å². The Balaban J connectivity index is 1.89. The lowest BCUT2D eigenvalue weighted by Gasteiger charge is -2.44. The fourth-order valence-corrected chi connectivity index (χ4v) is 3.58. The van der Waals surface area contributed by atoms with E-state index in [1.54, 1.807) is 6.92 Å². The van der Waals surface area contributed by atoms with E-state index in [1.807, 2.05) is 11.8 Å². The number of carboxylic acids is 1. The van der Waals surface area contributed by atoms with Gasteiger partial charge in [0.25, 0.3) is 0 Å². The molecule has 2 aliphatic heterocycles. The first-order chi connectivity index (χ1) is 9.32. The van der Waals surface area contributed by atoms with Crippen molar-refractivity contribution in [3.8, 4) is 0 Å². The summed E-state index contributed by atoms with van der Waals surface area (Å²) >= 11 is 0. The Hall–Kier alpha value is -1.10. The average molecular weight is 282 g/mol. The Kier molecular flexibility index (Phi) is 4.37. The van der Waals surface area contributed by atoms with Gasteiger partial charge in [-0.05, 0) is 33.6 Å². The highest BCUT2D eigenvalue weighted by atomic mass is 16.4. The highest BCUT2D eigenvalue weighted by molar-refractivity contribution is 5.82. The van der Waals surface area contributed by atoms with E-state index in [9.17, 15) is 9.59 Å². The molecule has 0 bridgehead atoms. The lowest BCUT2D eigenvalue weighted by atomic mass is 9.86. The van der Waals surface area contributed by atoms with Crippen molar-refractivity contribution in [2.75, 3.05) is 13.1 Å². The predicted octanol–water partition coefficient (Wildman–Crippen LogP) is 1.43. The second-order valence-corrected chi connectivity index (χ2v) is 6.53. The molecule has 0 aliphatic carbocycles. The Morgan fingerprint density at radius 2 is 1.60 bits per heavy atom. The Labute approximate surface area is 120 Å². The van der Waals surface area contributed by atoms with Gasteiger partial charge in [-0.1, -0.05) is 6.92 Å². The first kappa shape index (κ1) is 15.3. The molecule has 1 N–H and O–H groups in total. The first-order valence-corrected chi connectivity index (χ1v) is 7.62. The van der Waals surface area contributed by atoms with E-state index in [1.165, 1.54) is 0 Å². The van der Waals surface area contributed by atoms with Crippen molar-refractivity contribution in [3.05, 3.63) is 0 Å². The first-order valence-electron chi connectivity index (χ1n) is 7.62. The van der Waals surface area contributed by atoms with Crippen molar-refractivity contribution in [3.63, 3.8) is 0 Å². The van der Waals surface area contributed by atoms with Gasteiger partial charge in [0.1, 0.15) is 0 Å². The zero-order chi connectivity index (χ0) is 15.0. The lowest BCUT2D eigenvalue weighted by molar-refractivity contribution is -0.153. The van der Waals surface area contributed by atoms with E-state index in [4.69, 9.17) is 5.11 Å². The minimum atomic E-state index is -0.767. The summed E-state index contributed by atoms with van der Waals surface area (Å²) in [5.74, 6) is -0.868. The minimum absolute atomic E-state index is 0.0939. The summed E-state index contributed by atoms with van der Waals surface area (Å²) in [5.41, 5.74) is 0. The van der Waals surface area contributed by atoms with Crippen LogP contribution in [0.5, 0.6) is 0 Å². The third-order valence-electron chi connectivity index (χ3n) is 5.14. The van der Waals surface area contributed by atoms with Gasteiger partial charge in [0.2, 0.25) is 5.91 Å². The maximum absolute atomic E-state index is 12.5. The van der Waals surface area contributed by atoms with Gasteiger partial charge in [-0.3, -0.25) is 14.5 Å². The van der Waals surface area contributed by atoms with Gasteiger partial charge >= 0.3 is 5.97 Å². The van der Waals surface area contributed by atoms with Crippen molar-refractivity contribution in [1.82, 2.24) is 9.80 Å². The van der Waals surface area contributed by atoms with Crippen LogP contribution in [-0.4, -0.2) is 58.0 Å². The van der Waals surface area contributed by atoms with Crippen molar-refractivity contribution in [2.45, 2.75) is 58.7 Å². The van der Waals surface area contributed by atoms with E-state index in [2.05, 4.69) is 18.7 Å². The van der Waals surface area contributed by atoms with E-state index in [-0.39, 0.29) is 23.8 Å². The smallest absolute Gasteiger partial charge is 0.306 e. The quantitative estimate of drug-likeness (QED) is 0.847. The summed E-state index contributed by atoms with van der Waals surface area (Å²) in [6.07, 6.45) is 2.30. The van der Waals surface area contributed by atoms with Crippen LogP contribution >= 0.6 is 0 Å². The molecule has 0 spiro atoms. The maximum Gasteiger partial charge on any atom is 0.306 e. The topological polar surface area (TPSA) is 60.9 Å². The molecule has 0 radical (unpaired) electrons. The number of carbonyl (C=O) groups is 2. The van der Waals surface area contributed by atoms with Gasteiger partial charge in [-0.2, -0.15) is 0 Å². The number of likely N-dealkylation sites (tertiary alicyclic amines) is 2. The Morgan fingerprint density at radius 1 is 1.10 bits per heavy atom. The third-order valence-corrected chi connectivity index (χ3v) is 5.14. The standard InChI is InChI=1S/C15H26N2O3/c1-9-5-6-10(2)17(9)12(4)14(18)16-7-13(8-16)11(3)15(19)20/h9-13H,5-8H2,1-4H3,(H,19,20). The third kappa shape index (κ3) is 2.68. The summed E-state index contributed by atoms with van der Waals surface area (Å²) in [4.78, 5) is 27.5. The van der Waals surface area contributed by atoms with Crippen molar-refractivity contribution in [1.29, 1.82) is 0 Å². The van der Waals surface area contributed by atoms with Gasteiger partial charge in [0, 0.05) is 31.1 Å². The Morgan fingerprint density at radius 3 is 2.05 bits per heavy atom. The number of rotatable bonds is 4. The van der Waals surface area contributed by atoms with E-state index in [0.717, 1.165) is 12.8 Å². The molecule has 0 saturated carbocycles. The highest BCUT2D eigenvalue weighted by Crippen LogP contribution is 2.29. The van der Waals surface area contributed by atoms with Crippen LogP contribution in [0.4, 0.5) is 0 Å². The molecule has 4 atom stereocenters. The van der Waals surface area contributed by atoms with Crippen molar-refractivity contribution in [2.24, 2.45) is 11.8 Å². The predicted molar refractivity (Wildman–Crippen MR) is 76.3 cm³/mol. The van der Waals surface area contributed by atoms with Gasteiger partial charge in [0.15, 0.2) is 0 Å². The largest absolute Gasteiger partial charge is 0.481 e. The van der Waals surface area contributed by atoms with Gasteiger partial charge in [-0.25, -0.2) is 0 Å².